The van der Waals surface area contributed by atoms with Crippen molar-refractivity contribution in [3.63, 3.8) is 0 Å². The Morgan fingerprint density at radius 3 is 2.73 bits per heavy atom. The molecule has 1 aliphatic carbocycles. The van der Waals surface area contributed by atoms with E-state index in [1.165, 1.54) is 6.42 Å². The fourth-order valence-corrected chi connectivity index (χ4v) is 7.22. The molecule has 2 bridgehead atoms. The van der Waals surface area contributed by atoms with Crippen LogP contribution in [0.2, 0.25) is 0 Å². The van der Waals surface area contributed by atoms with Gasteiger partial charge in [-0.3, -0.25) is 4.99 Å². The van der Waals surface area contributed by atoms with E-state index in [9.17, 15) is 0 Å². The third kappa shape index (κ3) is 5.20. The summed E-state index contributed by atoms with van der Waals surface area (Å²) in [5.74, 6) is 1.39. The Morgan fingerprint density at radius 2 is 1.97 bits per heavy atom. The Bertz CT molecular complexity index is 977. The molecular weight excluding hydrogens is 538 g/mol. The molecule has 1 aromatic carbocycles. The molecule has 37 heavy (non-hydrogen) atoms. The number of hydrogen-bond acceptors (Lipinski definition) is 6. The van der Waals surface area contributed by atoms with Crippen LogP contribution in [0, 0.1) is 23.7 Å². The molecule has 4 aliphatic heterocycles. The third-order valence-electron chi connectivity index (χ3n) is 8.88. The number of rotatable bonds is 7. The number of halogens is 1. The molecule has 1 saturated carbocycles. The van der Waals surface area contributed by atoms with E-state index in [0.29, 0.717) is 25.0 Å². The first kappa shape index (κ1) is 27.3. The van der Waals surface area contributed by atoms with Crippen LogP contribution in [0.1, 0.15) is 60.3 Å². The maximum absolute atomic E-state index is 6.53. The van der Waals surface area contributed by atoms with E-state index in [0.717, 1.165) is 48.5 Å². The van der Waals surface area contributed by atoms with E-state index in [-0.39, 0.29) is 18.1 Å². The van der Waals surface area contributed by atoms with Crippen LogP contribution in [-0.4, -0.2) is 61.1 Å². The molecule has 6 rings (SSSR count). The fraction of sp³-hybridized carbons (Fsp3) is 0.750. The smallest absolute Gasteiger partial charge is 0.201 e. The summed E-state index contributed by atoms with van der Waals surface area (Å²) in [5, 5.41) is 3.48. The van der Waals surface area contributed by atoms with Gasteiger partial charge in [0, 0.05) is 41.5 Å². The topological polar surface area (TPSA) is 73.8 Å². The van der Waals surface area contributed by atoms with Crippen LogP contribution < -0.4 is 5.32 Å². The molecule has 8 nitrogen and oxygen atoms in total. The number of aliphatic imine (C=N–C) groups is 1. The highest BCUT2D eigenvalue weighted by molar-refractivity contribution is 9.10. The Morgan fingerprint density at radius 1 is 1.16 bits per heavy atom. The number of nitrogens with one attached hydrogen (secondary N) is 1. The Labute approximate surface area is 229 Å². The maximum atomic E-state index is 6.53. The minimum Gasteiger partial charge on any atom is -0.350 e. The average Bonchev–Trinajstić information content (AvgIpc) is 3.11. The van der Waals surface area contributed by atoms with Gasteiger partial charge in [-0.05, 0) is 70.1 Å². The molecule has 4 heterocycles. The molecule has 0 amide bonds. The number of fused-ring (bicyclic) bond motifs is 2. The van der Waals surface area contributed by atoms with Gasteiger partial charge in [0.05, 0.1) is 13.2 Å². The van der Waals surface area contributed by atoms with Gasteiger partial charge in [-0.15, -0.1) is 0 Å². The first-order chi connectivity index (χ1) is 17.8. The number of benzene rings is 1. The van der Waals surface area contributed by atoms with Crippen LogP contribution in [-0.2, 0) is 24.0 Å². The first-order valence-electron chi connectivity index (χ1n) is 13.9. The molecule has 0 unspecified atom stereocenters. The Kier molecular flexibility index (Phi) is 8.20. The van der Waals surface area contributed by atoms with Crippen molar-refractivity contribution in [2.75, 3.05) is 31.6 Å². The van der Waals surface area contributed by atoms with E-state index >= 15 is 0 Å². The lowest BCUT2D eigenvalue weighted by Crippen LogP contribution is -2.70. The van der Waals surface area contributed by atoms with Crippen molar-refractivity contribution in [1.29, 1.82) is 0 Å². The highest BCUT2D eigenvalue weighted by atomic mass is 79.9. The summed E-state index contributed by atoms with van der Waals surface area (Å²) in [6.07, 6.45) is 3.22. The fourth-order valence-electron chi connectivity index (χ4n) is 6.82. The monoisotopic (exact) mass is 579 g/mol. The normalized spacial score (nSPS) is 39.1. The van der Waals surface area contributed by atoms with Gasteiger partial charge in [-0.2, -0.15) is 0 Å². The minimum atomic E-state index is -0.774. The number of ether oxygens (including phenoxy) is 3. The molecular formula is C28H42BrN3O5. The molecule has 1 N–H and O–H groups in total. The zero-order chi connectivity index (χ0) is 26.2. The maximum Gasteiger partial charge on any atom is 0.201 e. The van der Waals surface area contributed by atoms with Crippen molar-refractivity contribution >= 4 is 27.6 Å². The zero-order valence-electron chi connectivity index (χ0n) is 22.7. The lowest BCUT2D eigenvalue weighted by atomic mass is 9.58. The summed E-state index contributed by atoms with van der Waals surface area (Å²) in [6, 6.07) is 8.11. The van der Waals surface area contributed by atoms with E-state index in [1.54, 1.807) is 0 Å². The molecule has 1 spiro atoms. The van der Waals surface area contributed by atoms with Gasteiger partial charge in [0.15, 0.2) is 24.1 Å². The van der Waals surface area contributed by atoms with Crippen LogP contribution >= 0.6 is 15.9 Å². The van der Waals surface area contributed by atoms with Gasteiger partial charge >= 0.3 is 0 Å². The van der Waals surface area contributed by atoms with Gasteiger partial charge in [-0.25, -0.2) is 9.78 Å². The van der Waals surface area contributed by atoms with Crippen LogP contribution in [0.15, 0.2) is 33.7 Å². The molecule has 0 aromatic heterocycles. The molecule has 5 aliphatic rings. The van der Waals surface area contributed by atoms with Crippen LogP contribution in [0.3, 0.4) is 0 Å². The first-order valence-corrected chi connectivity index (χ1v) is 14.7. The van der Waals surface area contributed by atoms with Crippen molar-refractivity contribution < 1.29 is 24.0 Å². The largest absolute Gasteiger partial charge is 0.350 e. The van der Waals surface area contributed by atoms with Crippen molar-refractivity contribution in [1.82, 2.24) is 4.90 Å². The molecule has 206 valence electrons. The average molecular weight is 581 g/mol. The second kappa shape index (κ2) is 11.1. The van der Waals surface area contributed by atoms with Crippen molar-refractivity contribution in [2.24, 2.45) is 28.7 Å². The predicted molar refractivity (Wildman–Crippen MR) is 146 cm³/mol. The number of anilines is 1. The molecule has 0 radical (unpaired) electrons. The molecule has 8 atom stereocenters. The van der Waals surface area contributed by atoms with Gasteiger partial charge < -0.3 is 24.4 Å². The van der Waals surface area contributed by atoms with Crippen molar-refractivity contribution in [3.05, 3.63) is 28.7 Å². The third-order valence-corrected chi connectivity index (χ3v) is 9.37. The van der Waals surface area contributed by atoms with Crippen molar-refractivity contribution in [3.8, 4) is 0 Å². The van der Waals surface area contributed by atoms with E-state index in [2.05, 4.69) is 53.8 Å². The number of guanidine groups is 1. The van der Waals surface area contributed by atoms with E-state index in [1.807, 2.05) is 31.2 Å². The summed E-state index contributed by atoms with van der Waals surface area (Å²) >= 11 is 3.55. The second-order valence-corrected chi connectivity index (χ2v) is 12.1. The summed E-state index contributed by atoms with van der Waals surface area (Å²) in [4.78, 5) is 19.2. The number of hydrogen-bond donors (Lipinski definition) is 1. The van der Waals surface area contributed by atoms with E-state index < -0.39 is 17.7 Å². The lowest BCUT2D eigenvalue weighted by molar-refractivity contribution is -0.577. The summed E-state index contributed by atoms with van der Waals surface area (Å²) in [5.41, 5.74) is 0.433. The highest BCUT2D eigenvalue weighted by Crippen LogP contribution is 2.60. The Balaban J connectivity index is 1.27. The van der Waals surface area contributed by atoms with Gasteiger partial charge in [0.25, 0.3) is 0 Å². The molecule has 1 aromatic rings. The zero-order valence-corrected chi connectivity index (χ0v) is 24.3. The molecule has 4 saturated heterocycles. The van der Waals surface area contributed by atoms with Crippen LogP contribution in [0.5, 0.6) is 0 Å². The van der Waals surface area contributed by atoms with Crippen molar-refractivity contribution in [2.45, 2.75) is 84.3 Å². The number of nitrogens with zero attached hydrogens (tertiary/aromatic N) is 2. The second-order valence-electron chi connectivity index (χ2n) is 11.2. The predicted octanol–water partition coefficient (Wildman–Crippen LogP) is 5.78. The summed E-state index contributed by atoms with van der Waals surface area (Å²) < 4.78 is 20.3. The van der Waals surface area contributed by atoms with E-state index in [4.69, 9.17) is 29.0 Å². The SMILES string of the molecule is CCN(CC)C(=NCCO[C@H]1O[C@@H]2O[C@@]3(C)CC[C@H]4[C@H](C)CC[C@@H]([C@H]1C)[C@@]24OO3)Nc1cccc(Br)c1. The standard InChI is InChI=1S/C28H42BrN3O5/c1-6-32(7-2)26(31-21-10-8-9-20(29)17-21)30-15-16-33-24-19(4)23-12-11-18(3)22-13-14-27(5)35-25(34-24)28(22,23)37-36-27/h8-10,17-19,22-25H,6-7,11-16H2,1-5H3,(H,30,31)/t18-,19-,22+,23+,24+,25-,27-,28-/m1/s1. The Hall–Kier alpha value is -1.23. The quantitative estimate of drug-likeness (QED) is 0.190. The summed E-state index contributed by atoms with van der Waals surface area (Å²) in [7, 11) is 0. The van der Waals surface area contributed by atoms with Crippen LogP contribution in [0.25, 0.3) is 0 Å². The van der Waals surface area contributed by atoms with Crippen LogP contribution in [0.4, 0.5) is 5.69 Å². The van der Waals surface area contributed by atoms with Gasteiger partial charge in [0.2, 0.25) is 5.79 Å². The highest BCUT2D eigenvalue weighted by Gasteiger charge is 2.69. The summed E-state index contributed by atoms with van der Waals surface area (Å²) in [6.45, 7) is 13.5. The molecule has 5 fully saturated rings. The minimum absolute atomic E-state index is 0.159. The van der Waals surface area contributed by atoms with Gasteiger partial charge in [0.1, 0.15) is 0 Å². The van der Waals surface area contributed by atoms with Gasteiger partial charge in [-0.1, -0.05) is 35.8 Å². The lowest BCUT2D eigenvalue weighted by Gasteiger charge is -2.60. The molecule has 9 heteroatoms.